The number of ether oxygens (including phenoxy) is 1. The van der Waals surface area contributed by atoms with E-state index in [4.69, 9.17) is 9.26 Å². The summed E-state index contributed by atoms with van der Waals surface area (Å²) in [6.07, 6.45) is -4.08. The average Bonchev–Trinajstić information content (AvgIpc) is 3.20. The number of nitrogens with zero attached hydrogens (tertiary/aromatic N) is 3. The van der Waals surface area contributed by atoms with Crippen molar-refractivity contribution in [3.05, 3.63) is 62.8 Å². The molecular formula is C17H16FN3O7. The zero-order valence-electron chi connectivity index (χ0n) is 14.3. The molecule has 1 aliphatic heterocycles. The van der Waals surface area contributed by atoms with Gasteiger partial charge in [-0.3, -0.25) is 13.9 Å². The predicted molar refractivity (Wildman–Crippen MR) is 91.0 cm³/mol. The van der Waals surface area contributed by atoms with Gasteiger partial charge < -0.3 is 24.6 Å². The van der Waals surface area contributed by atoms with Crippen LogP contribution >= 0.6 is 0 Å². The molecule has 1 aliphatic rings. The summed E-state index contributed by atoms with van der Waals surface area (Å²) in [5, 5.41) is 33.4. The Morgan fingerprint density at radius 2 is 1.96 bits per heavy atom. The van der Waals surface area contributed by atoms with Gasteiger partial charge in [0, 0.05) is 23.7 Å². The van der Waals surface area contributed by atoms with Crippen LogP contribution in [0.15, 0.2) is 44.6 Å². The molecule has 3 aromatic rings. The Hall–Kier alpha value is -2.86. The van der Waals surface area contributed by atoms with Crippen LogP contribution in [-0.2, 0) is 11.3 Å². The van der Waals surface area contributed by atoms with E-state index in [0.717, 1.165) is 27.5 Å². The molecule has 1 saturated heterocycles. The van der Waals surface area contributed by atoms with Gasteiger partial charge in [-0.2, -0.15) is 0 Å². The highest BCUT2D eigenvalue weighted by molar-refractivity contribution is 5.79. The lowest BCUT2D eigenvalue weighted by Gasteiger charge is -2.18. The van der Waals surface area contributed by atoms with Gasteiger partial charge in [0.05, 0.1) is 13.2 Å². The standard InChI is InChI=1S/C17H16FN3O7/c18-8-1-2-9-10(19-28-11(9)5-8)6-21-13(23)3-4-20(17(21)26)16-15(25)14(24)12(7-22)27-16/h1-5,12,14-16,22,24-25H,6-7H2. The van der Waals surface area contributed by atoms with Crippen molar-refractivity contribution in [2.24, 2.45) is 0 Å². The van der Waals surface area contributed by atoms with Gasteiger partial charge in [-0.15, -0.1) is 0 Å². The summed E-state index contributed by atoms with van der Waals surface area (Å²) in [5.41, 5.74) is -1.04. The van der Waals surface area contributed by atoms with Crippen LogP contribution in [0, 0.1) is 5.82 Å². The number of halogens is 1. The molecule has 0 amide bonds. The van der Waals surface area contributed by atoms with Crippen LogP contribution in [0.25, 0.3) is 11.0 Å². The van der Waals surface area contributed by atoms with Crippen molar-refractivity contribution in [1.82, 2.24) is 14.3 Å². The molecule has 148 valence electrons. The normalized spacial score (nSPS) is 24.9. The van der Waals surface area contributed by atoms with E-state index < -0.39 is 48.2 Å². The lowest BCUT2D eigenvalue weighted by atomic mass is 10.1. The molecule has 0 saturated carbocycles. The van der Waals surface area contributed by atoms with Crippen LogP contribution in [0.1, 0.15) is 11.9 Å². The minimum Gasteiger partial charge on any atom is -0.394 e. The van der Waals surface area contributed by atoms with Crippen LogP contribution in [0.4, 0.5) is 4.39 Å². The number of benzene rings is 1. The van der Waals surface area contributed by atoms with Gasteiger partial charge in [0.1, 0.15) is 29.8 Å². The Morgan fingerprint density at radius 3 is 2.68 bits per heavy atom. The second-order valence-corrected chi connectivity index (χ2v) is 6.43. The van der Waals surface area contributed by atoms with E-state index in [9.17, 15) is 29.3 Å². The Bertz CT molecular complexity index is 1140. The van der Waals surface area contributed by atoms with E-state index in [1.165, 1.54) is 12.1 Å². The molecule has 0 bridgehead atoms. The molecule has 0 spiro atoms. The maximum Gasteiger partial charge on any atom is 0.333 e. The lowest BCUT2D eigenvalue weighted by Crippen LogP contribution is -2.43. The minimum atomic E-state index is -1.48. The largest absolute Gasteiger partial charge is 0.394 e. The number of aliphatic hydroxyl groups excluding tert-OH is 3. The van der Waals surface area contributed by atoms with Crippen molar-refractivity contribution in [1.29, 1.82) is 0 Å². The maximum absolute atomic E-state index is 13.3. The Kier molecular flexibility index (Phi) is 4.59. The van der Waals surface area contributed by atoms with E-state index in [2.05, 4.69) is 5.16 Å². The molecule has 4 unspecified atom stereocenters. The fourth-order valence-electron chi connectivity index (χ4n) is 3.21. The highest BCUT2D eigenvalue weighted by atomic mass is 19.1. The molecule has 4 rings (SSSR count). The smallest absolute Gasteiger partial charge is 0.333 e. The highest BCUT2D eigenvalue weighted by Gasteiger charge is 2.43. The summed E-state index contributed by atoms with van der Waals surface area (Å²) >= 11 is 0. The van der Waals surface area contributed by atoms with Crippen LogP contribution in [-0.4, -0.2) is 54.5 Å². The summed E-state index contributed by atoms with van der Waals surface area (Å²) in [6, 6.07) is 4.86. The molecule has 0 aliphatic carbocycles. The monoisotopic (exact) mass is 393 g/mol. The van der Waals surface area contributed by atoms with Gasteiger partial charge in [0.25, 0.3) is 5.56 Å². The van der Waals surface area contributed by atoms with Crippen LogP contribution in [0.2, 0.25) is 0 Å². The molecule has 2 aromatic heterocycles. The Balaban J connectivity index is 1.73. The number of fused-ring (bicyclic) bond motifs is 1. The summed E-state index contributed by atoms with van der Waals surface area (Å²) < 4.78 is 25.4. The highest BCUT2D eigenvalue weighted by Crippen LogP contribution is 2.28. The van der Waals surface area contributed by atoms with Crippen molar-refractivity contribution in [2.75, 3.05) is 6.61 Å². The number of hydrogen-bond acceptors (Lipinski definition) is 8. The first-order chi connectivity index (χ1) is 13.4. The van der Waals surface area contributed by atoms with Crippen molar-refractivity contribution >= 4 is 11.0 Å². The second-order valence-electron chi connectivity index (χ2n) is 6.43. The number of hydrogen-bond donors (Lipinski definition) is 3. The fraction of sp³-hybridized carbons (Fsp3) is 0.353. The molecule has 1 fully saturated rings. The summed E-state index contributed by atoms with van der Waals surface area (Å²) in [7, 11) is 0. The van der Waals surface area contributed by atoms with Crippen LogP contribution in [0.3, 0.4) is 0 Å². The zero-order valence-corrected chi connectivity index (χ0v) is 14.3. The first kappa shape index (κ1) is 18.5. The van der Waals surface area contributed by atoms with Gasteiger partial charge in [-0.05, 0) is 12.1 Å². The van der Waals surface area contributed by atoms with Crippen molar-refractivity contribution < 1.29 is 29.0 Å². The number of aliphatic hydroxyl groups is 3. The SMILES string of the molecule is O=c1ccn(C2OC(CO)C(O)C2O)c(=O)n1Cc1noc2cc(F)ccc12. The first-order valence-electron chi connectivity index (χ1n) is 8.39. The topological polar surface area (TPSA) is 140 Å². The molecule has 28 heavy (non-hydrogen) atoms. The Labute approximate surface area is 155 Å². The van der Waals surface area contributed by atoms with Crippen LogP contribution < -0.4 is 11.2 Å². The van der Waals surface area contributed by atoms with E-state index >= 15 is 0 Å². The minimum absolute atomic E-state index is 0.169. The van der Waals surface area contributed by atoms with Crippen molar-refractivity contribution in [3.8, 4) is 0 Å². The molecule has 11 heteroatoms. The van der Waals surface area contributed by atoms with E-state index in [1.807, 2.05) is 0 Å². The molecule has 10 nitrogen and oxygen atoms in total. The number of aromatic nitrogens is 3. The molecule has 4 atom stereocenters. The first-order valence-corrected chi connectivity index (χ1v) is 8.39. The second kappa shape index (κ2) is 6.95. The van der Waals surface area contributed by atoms with E-state index in [0.29, 0.717) is 5.39 Å². The third-order valence-electron chi connectivity index (χ3n) is 4.70. The maximum atomic E-state index is 13.3. The molecule has 3 N–H and O–H groups in total. The molecule has 3 heterocycles. The lowest BCUT2D eigenvalue weighted by molar-refractivity contribution is -0.0555. The summed E-state index contributed by atoms with van der Waals surface area (Å²) in [6.45, 7) is -0.809. The zero-order chi connectivity index (χ0) is 20.0. The summed E-state index contributed by atoms with van der Waals surface area (Å²) in [4.78, 5) is 25.0. The van der Waals surface area contributed by atoms with Gasteiger partial charge in [0.15, 0.2) is 11.8 Å². The third kappa shape index (κ3) is 2.94. The average molecular weight is 393 g/mol. The third-order valence-corrected chi connectivity index (χ3v) is 4.70. The predicted octanol–water partition coefficient (Wildman–Crippen LogP) is -1.05. The van der Waals surface area contributed by atoms with Crippen LogP contribution in [0.5, 0.6) is 0 Å². The van der Waals surface area contributed by atoms with Gasteiger partial charge in [-0.25, -0.2) is 9.18 Å². The molecular weight excluding hydrogens is 377 g/mol. The fourth-order valence-corrected chi connectivity index (χ4v) is 3.21. The van der Waals surface area contributed by atoms with Crippen molar-refractivity contribution in [3.63, 3.8) is 0 Å². The summed E-state index contributed by atoms with van der Waals surface area (Å²) in [5.74, 6) is -0.515. The van der Waals surface area contributed by atoms with Gasteiger partial charge >= 0.3 is 5.69 Å². The van der Waals surface area contributed by atoms with E-state index in [-0.39, 0.29) is 17.8 Å². The Morgan fingerprint density at radius 1 is 1.18 bits per heavy atom. The quantitative estimate of drug-likeness (QED) is 0.510. The van der Waals surface area contributed by atoms with Gasteiger partial charge in [0.2, 0.25) is 0 Å². The van der Waals surface area contributed by atoms with E-state index in [1.54, 1.807) is 0 Å². The van der Waals surface area contributed by atoms with Gasteiger partial charge in [-0.1, -0.05) is 5.16 Å². The number of rotatable bonds is 4. The molecule has 0 radical (unpaired) electrons. The molecule has 1 aromatic carbocycles. The van der Waals surface area contributed by atoms with Crippen molar-refractivity contribution in [2.45, 2.75) is 31.1 Å².